The third-order valence-electron chi connectivity index (χ3n) is 4.65. The van der Waals surface area contributed by atoms with Crippen LogP contribution >= 0.6 is 22.9 Å². The number of ether oxygens (including phenoxy) is 1. The van der Waals surface area contributed by atoms with Gasteiger partial charge < -0.3 is 4.74 Å². The van der Waals surface area contributed by atoms with Gasteiger partial charge >= 0.3 is 6.36 Å². The first kappa shape index (κ1) is 22.2. The highest BCUT2D eigenvalue weighted by molar-refractivity contribution is 7.14. The van der Waals surface area contributed by atoms with Crippen LogP contribution in [0.25, 0.3) is 33.2 Å². The molecule has 0 fully saturated rings. The van der Waals surface area contributed by atoms with Gasteiger partial charge in [-0.15, -0.1) is 24.5 Å². The summed E-state index contributed by atoms with van der Waals surface area (Å²) in [6.07, 6.45) is -4.91. The quantitative estimate of drug-likeness (QED) is 0.292. The van der Waals surface area contributed by atoms with E-state index in [1.165, 1.54) is 40.3 Å². The molecular formula is C21H13ClF5N3OS. The fourth-order valence-electron chi connectivity index (χ4n) is 3.22. The molecule has 0 amide bonds. The molecule has 11 heteroatoms. The Bertz CT molecular complexity index is 1300. The summed E-state index contributed by atoms with van der Waals surface area (Å²) in [6.45, 7) is 1.73. The lowest BCUT2D eigenvalue weighted by molar-refractivity contribution is -0.274. The van der Waals surface area contributed by atoms with Crippen molar-refractivity contribution in [3.63, 3.8) is 0 Å². The number of aromatic nitrogens is 3. The van der Waals surface area contributed by atoms with Crippen molar-refractivity contribution in [2.45, 2.75) is 13.3 Å². The summed E-state index contributed by atoms with van der Waals surface area (Å²) in [5, 5.41) is 6.14. The van der Waals surface area contributed by atoms with Crippen molar-refractivity contribution in [1.82, 2.24) is 14.8 Å². The van der Waals surface area contributed by atoms with Gasteiger partial charge in [0.1, 0.15) is 17.4 Å². The molecule has 32 heavy (non-hydrogen) atoms. The maximum Gasteiger partial charge on any atom is 0.573 e. The van der Waals surface area contributed by atoms with Gasteiger partial charge in [0.05, 0.1) is 10.6 Å². The van der Waals surface area contributed by atoms with Gasteiger partial charge in [-0.1, -0.05) is 17.7 Å². The average molecular weight is 486 g/mol. The Morgan fingerprint density at radius 3 is 2.47 bits per heavy atom. The number of alkyl halides is 3. The van der Waals surface area contributed by atoms with Gasteiger partial charge in [-0.25, -0.2) is 18.4 Å². The van der Waals surface area contributed by atoms with E-state index in [-0.39, 0.29) is 22.0 Å². The maximum atomic E-state index is 14.6. The Kier molecular flexibility index (Phi) is 5.68. The van der Waals surface area contributed by atoms with Crippen LogP contribution in [0.4, 0.5) is 22.0 Å². The molecule has 0 N–H and O–H groups in total. The first-order valence-corrected chi connectivity index (χ1v) is 10.3. The number of thiophene rings is 1. The SMILES string of the molecule is Cc1c(-c2nc(-c3c(F)cccc3Cl)nn2C)csc1-c1ccc(OC(F)(F)F)cc1F. The van der Waals surface area contributed by atoms with Gasteiger partial charge in [-0.05, 0) is 36.8 Å². The number of halogens is 6. The summed E-state index contributed by atoms with van der Waals surface area (Å²) in [4.78, 5) is 4.92. The zero-order valence-electron chi connectivity index (χ0n) is 16.5. The molecule has 0 spiro atoms. The number of hydrogen-bond donors (Lipinski definition) is 0. The van der Waals surface area contributed by atoms with Gasteiger partial charge in [0.2, 0.25) is 0 Å². The monoisotopic (exact) mass is 485 g/mol. The van der Waals surface area contributed by atoms with Crippen LogP contribution in [-0.4, -0.2) is 21.1 Å². The Labute approximate surface area is 187 Å². The molecule has 166 valence electrons. The van der Waals surface area contributed by atoms with E-state index in [4.69, 9.17) is 11.6 Å². The first-order valence-electron chi connectivity index (χ1n) is 9.04. The highest BCUT2D eigenvalue weighted by Gasteiger charge is 2.31. The van der Waals surface area contributed by atoms with Crippen LogP contribution < -0.4 is 4.74 Å². The fourth-order valence-corrected chi connectivity index (χ4v) is 4.56. The molecule has 0 saturated carbocycles. The molecule has 0 aliphatic heterocycles. The zero-order valence-corrected chi connectivity index (χ0v) is 18.0. The molecule has 2 aromatic carbocycles. The lowest BCUT2D eigenvalue weighted by atomic mass is 10.1. The first-order chi connectivity index (χ1) is 15.0. The molecule has 2 aromatic heterocycles. The van der Waals surface area contributed by atoms with Crippen molar-refractivity contribution in [2.24, 2.45) is 7.05 Å². The molecule has 4 nitrogen and oxygen atoms in total. The van der Waals surface area contributed by atoms with Gasteiger partial charge in [0, 0.05) is 34.5 Å². The third-order valence-corrected chi connectivity index (χ3v) is 6.08. The molecule has 0 aliphatic carbocycles. The predicted octanol–water partition coefficient (Wildman–Crippen LogP) is 7.02. The highest BCUT2D eigenvalue weighted by atomic mass is 35.5. The van der Waals surface area contributed by atoms with Crippen molar-refractivity contribution in [3.8, 4) is 39.0 Å². The van der Waals surface area contributed by atoms with Crippen LogP contribution in [0.5, 0.6) is 5.75 Å². The third kappa shape index (κ3) is 4.20. The Balaban J connectivity index is 1.73. The molecule has 0 unspecified atom stereocenters. The van der Waals surface area contributed by atoms with Crippen LogP contribution in [0.15, 0.2) is 41.8 Å². The van der Waals surface area contributed by atoms with Crippen molar-refractivity contribution in [3.05, 3.63) is 64.0 Å². The summed E-state index contributed by atoms with van der Waals surface area (Å²) < 4.78 is 71.2. The fraction of sp³-hybridized carbons (Fsp3) is 0.143. The number of hydrogen-bond acceptors (Lipinski definition) is 4. The number of rotatable bonds is 4. The van der Waals surface area contributed by atoms with Crippen LogP contribution in [-0.2, 0) is 7.05 Å². The van der Waals surface area contributed by atoms with E-state index in [9.17, 15) is 22.0 Å². The Morgan fingerprint density at radius 1 is 1.06 bits per heavy atom. The topological polar surface area (TPSA) is 39.9 Å². The molecule has 0 atom stereocenters. The lowest BCUT2D eigenvalue weighted by Crippen LogP contribution is -2.17. The number of nitrogens with zero attached hydrogens (tertiary/aromatic N) is 3. The molecule has 2 heterocycles. The summed E-state index contributed by atoms with van der Waals surface area (Å²) in [5.41, 5.74) is 1.44. The molecule has 0 radical (unpaired) electrons. The highest BCUT2D eigenvalue weighted by Crippen LogP contribution is 2.40. The van der Waals surface area contributed by atoms with Crippen LogP contribution in [0.2, 0.25) is 5.02 Å². The summed E-state index contributed by atoms with van der Waals surface area (Å²) in [7, 11) is 1.63. The van der Waals surface area contributed by atoms with Crippen LogP contribution in [0.3, 0.4) is 0 Å². The van der Waals surface area contributed by atoms with Crippen molar-refractivity contribution >= 4 is 22.9 Å². The smallest absolute Gasteiger partial charge is 0.406 e. The second-order valence-electron chi connectivity index (χ2n) is 6.77. The summed E-state index contributed by atoms with van der Waals surface area (Å²) >= 11 is 7.30. The average Bonchev–Trinajstić information content (AvgIpc) is 3.23. The maximum absolute atomic E-state index is 14.6. The van der Waals surface area contributed by atoms with E-state index in [2.05, 4.69) is 14.8 Å². The van der Waals surface area contributed by atoms with Gasteiger partial charge in [-0.2, -0.15) is 5.10 Å². The minimum Gasteiger partial charge on any atom is -0.406 e. The molecule has 0 aliphatic rings. The molecule has 0 saturated heterocycles. The lowest BCUT2D eigenvalue weighted by Gasteiger charge is -2.10. The normalized spacial score (nSPS) is 11.8. The minimum atomic E-state index is -4.91. The number of aryl methyl sites for hydroxylation is 1. The standard InChI is InChI=1S/C21H13ClF5N3OS/c1-10-13(20-28-19(29-30(20)2)17-14(22)4-3-5-15(17)23)9-32-18(10)12-7-6-11(8-16(12)24)31-21(25,26)27/h3-9H,1-2H3. The van der Waals surface area contributed by atoms with Crippen molar-refractivity contribution in [1.29, 1.82) is 0 Å². The van der Waals surface area contributed by atoms with Crippen LogP contribution in [0, 0.1) is 18.6 Å². The van der Waals surface area contributed by atoms with Crippen molar-refractivity contribution in [2.75, 3.05) is 0 Å². The molecule has 4 rings (SSSR count). The van der Waals surface area contributed by atoms with E-state index >= 15 is 0 Å². The zero-order chi connectivity index (χ0) is 23.2. The second-order valence-corrected chi connectivity index (χ2v) is 8.06. The van der Waals surface area contributed by atoms with Crippen LogP contribution in [0.1, 0.15) is 5.56 Å². The minimum absolute atomic E-state index is 0.0652. The Hall–Kier alpha value is -2.98. The Morgan fingerprint density at radius 2 is 1.81 bits per heavy atom. The van der Waals surface area contributed by atoms with E-state index in [0.717, 1.165) is 6.07 Å². The molecule has 0 bridgehead atoms. The van der Waals surface area contributed by atoms with E-state index in [1.807, 2.05) is 0 Å². The molecule has 4 aromatic rings. The van der Waals surface area contributed by atoms with Gasteiger partial charge in [0.15, 0.2) is 11.6 Å². The largest absolute Gasteiger partial charge is 0.573 e. The van der Waals surface area contributed by atoms with E-state index in [0.29, 0.717) is 27.9 Å². The van der Waals surface area contributed by atoms with Gasteiger partial charge in [-0.3, -0.25) is 0 Å². The van der Waals surface area contributed by atoms with E-state index in [1.54, 1.807) is 19.4 Å². The summed E-state index contributed by atoms with van der Waals surface area (Å²) in [6, 6.07) is 7.20. The summed E-state index contributed by atoms with van der Waals surface area (Å²) in [5.74, 6) is -1.58. The van der Waals surface area contributed by atoms with Crippen molar-refractivity contribution < 1.29 is 26.7 Å². The number of benzene rings is 2. The molecular weight excluding hydrogens is 473 g/mol. The predicted molar refractivity (Wildman–Crippen MR) is 112 cm³/mol. The van der Waals surface area contributed by atoms with Gasteiger partial charge in [0.25, 0.3) is 0 Å². The van der Waals surface area contributed by atoms with E-state index < -0.39 is 23.7 Å². The second kappa shape index (κ2) is 8.18.